The first kappa shape index (κ1) is 13.0. The molecule has 0 spiro atoms. The molecule has 0 aromatic carbocycles. The zero-order valence-electron chi connectivity index (χ0n) is 11.1. The standard InChI is InChI=1S/C13H16N2O5/c1-2-19-13(16)9-6-10(15(17)18)8-5-7-3-4-11(20-7)12(8)14-9/h6-7,11,14,16H,2-5H2,1H3/b13-9+. The Labute approximate surface area is 115 Å². The summed E-state index contributed by atoms with van der Waals surface area (Å²) in [5.41, 5.74) is 1.60. The number of dihydropyridines is 1. The van der Waals surface area contributed by atoms with E-state index in [2.05, 4.69) is 5.32 Å². The lowest BCUT2D eigenvalue weighted by atomic mass is 9.97. The second-order valence-electron chi connectivity index (χ2n) is 4.98. The van der Waals surface area contributed by atoms with Crippen molar-refractivity contribution in [2.45, 2.75) is 38.4 Å². The summed E-state index contributed by atoms with van der Waals surface area (Å²) in [7, 11) is 0. The molecule has 0 aromatic rings. The monoisotopic (exact) mass is 280 g/mol. The topological polar surface area (TPSA) is 93.9 Å². The average Bonchev–Trinajstić information content (AvgIpc) is 2.81. The van der Waals surface area contributed by atoms with Gasteiger partial charge in [-0.3, -0.25) is 10.1 Å². The lowest BCUT2D eigenvalue weighted by Gasteiger charge is -2.29. The van der Waals surface area contributed by atoms with Crippen LogP contribution in [0.15, 0.2) is 34.7 Å². The van der Waals surface area contributed by atoms with Crippen LogP contribution in [-0.2, 0) is 9.47 Å². The molecule has 0 aliphatic carbocycles. The van der Waals surface area contributed by atoms with Crippen LogP contribution in [0.25, 0.3) is 0 Å². The Bertz CT molecular complexity index is 549. The Morgan fingerprint density at radius 3 is 3.15 bits per heavy atom. The quantitative estimate of drug-likeness (QED) is 0.464. The van der Waals surface area contributed by atoms with Gasteiger partial charge in [-0.2, -0.15) is 0 Å². The number of ether oxygens (including phenoxy) is 2. The largest absolute Gasteiger partial charge is 0.479 e. The molecule has 2 N–H and O–H groups in total. The van der Waals surface area contributed by atoms with E-state index in [1.165, 1.54) is 6.08 Å². The number of hydrogen-bond donors (Lipinski definition) is 2. The number of nitrogens with zero attached hydrogens (tertiary/aromatic N) is 1. The van der Waals surface area contributed by atoms with E-state index >= 15 is 0 Å². The minimum Gasteiger partial charge on any atom is -0.479 e. The Balaban J connectivity index is 2.02. The predicted molar refractivity (Wildman–Crippen MR) is 69.0 cm³/mol. The number of nitrogens with one attached hydrogen (secondary N) is 1. The van der Waals surface area contributed by atoms with E-state index in [0.29, 0.717) is 17.7 Å². The molecule has 3 rings (SSSR count). The first-order chi connectivity index (χ1) is 9.60. The molecule has 3 aliphatic heterocycles. The van der Waals surface area contributed by atoms with E-state index in [1.54, 1.807) is 6.92 Å². The maximum atomic E-state index is 11.3. The fourth-order valence-corrected chi connectivity index (χ4v) is 2.90. The minimum absolute atomic E-state index is 0.0141. The summed E-state index contributed by atoms with van der Waals surface area (Å²) in [6.07, 6.45) is 3.51. The molecule has 0 aromatic heterocycles. The Morgan fingerprint density at radius 2 is 2.45 bits per heavy atom. The van der Waals surface area contributed by atoms with Gasteiger partial charge in [-0.1, -0.05) is 0 Å². The van der Waals surface area contributed by atoms with Crippen LogP contribution in [0.1, 0.15) is 26.2 Å². The lowest BCUT2D eigenvalue weighted by molar-refractivity contribution is -0.421. The third kappa shape index (κ3) is 2.03. The van der Waals surface area contributed by atoms with E-state index in [0.717, 1.165) is 12.8 Å². The van der Waals surface area contributed by atoms with Crippen molar-refractivity contribution in [3.05, 3.63) is 44.8 Å². The maximum absolute atomic E-state index is 11.3. The Morgan fingerprint density at radius 1 is 1.65 bits per heavy atom. The van der Waals surface area contributed by atoms with Crippen molar-refractivity contribution in [3.63, 3.8) is 0 Å². The number of nitro groups is 1. The molecule has 2 unspecified atom stereocenters. The van der Waals surface area contributed by atoms with Crippen molar-refractivity contribution in [2.24, 2.45) is 0 Å². The summed E-state index contributed by atoms with van der Waals surface area (Å²) in [5.74, 6) is -0.335. The van der Waals surface area contributed by atoms with Crippen LogP contribution in [0, 0.1) is 10.1 Å². The van der Waals surface area contributed by atoms with Crippen LogP contribution < -0.4 is 5.32 Å². The van der Waals surface area contributed by atoms with Crippen LogP contribution in [-0.4, -0.2) is 28.8 Å². The molecule has 1 fully saturated rings. The lowest BCUT2D eigenvalue weighted by Crippen LogP contribution is -2.35. The number of hydrogen-bond acceptors (Lipinski definition) is 6. The van der Waals surface area contributed by atoms with Gasteiger partial charge in [-0.25, -0.2) is 0 Å². The third-order valence-electron chi connectivity index (χ3n) is 3.75. The van der Waals surface area contributed by atoms with Crippen LogP contribution in [0.5, 0.6) is 0 Å². The van der Waals surface area contributed by atoms with Crippen molar-refractivity contribution in [3.8, 4) is 0 Å². The zero-order valence-corrected chi connectivity index (χ0v) is 11.1. The van der Waals surface area contributed by atoms with Gasteiger partial charge in [0.25, 0.3) is 5.70 Å². The molecule has 108 valence electrons. The molecule has 7 heteroatoms. The van der Waals surface area contributed by atoms with Crippen molar-refractivity contribution in [2.75, 3.05) is 6.61 Å². The third-order valence-corrected chi connectivity index (χ3v) is 3.75. The zero-order chi connectivity index (χ0) is 14.3. The molecular weight excluding hydrogens is 264 g/mol. The molecule has 2 bridgehead atoms. The SMILES string of the molecule is CCO/C(O)=C1\C=C([N+](=O)[O-])C2=C(N1)C1CCC(C2)O1. The Hall–Kier alpha value is -2.02. The number of fused-ring (bicyclic) bond motifs is 3. The first-order valence-corrected chi connectivity index (χ1v) is 6.68. The van der Waals surface area contributed by atoms with Gasteiger partial charge >= 0.3 is 5.95 Å². The summed E-state index contributed by atoms with van der Waals surface area (Å²) >= 11 is 0. The van der Waals surface area contributed by atoms with Crippen molar-refractivity contribution in [1.29, 1.82) is 0 Å². The van der Waals surface area contributed by atoms with Gasteiger partial charge in [0.2, 0.25) is 0 Å². The molecule has 20 heavy (non-hydrogen) atoms. The first-order valence-electron chi connectivity index (χ1n) is 6.68. The average molecular weight is 280 g/mol. The number of aliphatic hydroxyl groups is 1. The van der Waals surface area contributed by atoms with E-state index in [1.807, 2.05) is 0 Å². The Kier molecular flexibility index (Phi) is 3.13. The van der Waals surface area contributed by atoms with E-state index in [9.17, 15) is 15.2 Å². The highest BCUT2D eigenvalue weighted by atomic mass is 16.6. The fourth-order valence-electron chi connectivity index (χ4n) is 2.90. The van der Waals surface area contributed by atoms with Gasteiger partial charge in [0.15, 0.2) is 0 Å². The molecule has 2 atom stereocenters. The molecule has 0 radical (unpaired) electrons. The highest BCUT2D eigenvalue weighted by Gasteiger charge is 2.42. The van der Waals surface area contributed by atoms with Gasteiger partial charge in [-0.15, -0.1) is 0 Å². The van der Waals surface area contributed by atoms with Gasteiger partial charge in [-0.05, 0) is 19.8 Å². The van der Waals surface area contributed by atoms with Crippen LogP contribution in [0.2, 0.25) is 0 Å². The minimum atomic E-state index is -0.417. The van der Waals surface area contributed by atoms with Gasteiger partial charge in [0.05, 0.1) is 35.0 Å². The number of rotatable bonds is 3. The van der Waals surface area contributed by atoms with Crippen LogP contribution in [0.4, 0.5) is 0 Å². The maximum Gasteiger partial charge on any atom is 0.301 e. The molecular formula is C13H16N2O5. The summed E-state index contributed by atoms with van der Waals surface area (Å²) in [6.45, 7) is 2.01. The molecule has 1 saturated heterocycles. The normalized spacial score (nSPS) is 30.4. The molecule has 7 nitrogen and oxygen atoms in total. The smallest absolute Gasteiger partial charge is 0.301 e. The highest BCUT2D eigenvalue weighted by Crippen LogP contribution is 2.40. The van der Waals surface area contributed by atoms with Gasteiger partial charge < -0.3 is 19.9 Å². The summed E-state index contributed by atoms with van der Waals surface area (Å²) in [5, 5.41) is 24.1. The fraction of sp³-hybridized carbons (Fsp3) is 0.538. The van der Waals surface area contributed by atoms with Crippen molar-refractivity contribution < 1.29 is 19.5 Å². The molecule has 3 heterocycles. The number of allylic oxidation sites excluding steroid dienone is 2. The second-order valence-corrected chi connectivity index (χ2v) is 4.98. The summed E-state index contributed by atoms with van der Waals surface area (Å²) < 4.78 is 10.8. The van der Waals surface area contributed by atoms with Crippen LogP contribution in [0.3, 0.4) is 0 Å². The molecule has 0 saturated carbocycles. The second kappa shape index (κ2) is 4.82. The summed E-state index contributed by atoms with van der Waals surface area (Å²) in [4.78, 5) is 10.8. The predicted octanol–water partition coefficient (Wildman–Crippen LogP) is 1.72. The van der Waals surface area contributed by atoms with Gasteiger partial charge in [0.1, 0.15) is 5.70 Å². The molecule has 3 aliphatic rings. The summed E-state index contributed by atoms with van der Waals surface area (Å²) in [6, 6.07) is 0. The van der Waals surface area contributed by atoms with E-state index < -0.39 is 4.92 Å². The number of aliphatic hydroxyl groups excluding tert-OH is 1. The van der Waals surface area contributed by atoms with Crippen LogP contribution >= 0.6 is 0 Å². The van der Waals surface area contributed by atoms with E-state index in [-0.39, 0.29) is 36.2 Å². The van der Waals surface area contributed by atoms with E-state index in [4.69, 9.17) is 9.47 Å². The molecule has 0 amide bonds. The van der Waals surface area contributed by atoms with Crippen molar-refractivity contribution in [1.82, 2.24) is 5.32 Å². The highest BCUT2D eigenvalue weighted by molar-refractivity contribution is 5.45. The van der Waals surface area contributed by atoms with Gasteiger partial charge in [0, 0.05) is 12.5 Å². The van der Waals surface area contributed by atoms with Crippen molar-refractivity contribution >= 4 is 0 Å².